The second-order valence-electron chi connectivity index (χ2n) is 4.37. The van der Waals surface area contributed by atoms with Gasteiger partial charge in [-0.3, -0.25) is 4.79 Å². The molecule has 0 aliphatic heterocycles. The zero-order valence-corrected chi connectivity index (χ0v) is 12.1. The van der Waals surface area contributed by atoms with E-state index in [1.165, 1.54) is 0 Å². The minimum absolute atomic E-state index is 0.0807. The van der Waals surface area contributed by atoms with Crippen LogP contribution in [0.2, 0.25) is 0 Å². The van der Waals surface area contributed by atoms with Gasteiger partial charge >= 0.3 is 5.97 Å². The summed E-state index contributed by atoms with van der Waals surface area (Å²) in [4.78, 5) is 21.8. The van der Waals surface area contributed by atoms with Crippen molar-refractivity contribution >= 4 is 11.9 Å². The molecule has 1 rings (SSSR count). The maximum atomic E-state index is 11.6. The summed E-state index contributed by atoms with van der Waals surface area (Å²) in [7, 11) is 0. The van der Waals surface area contributed by atoms with Crippen LogP contribution in [0.3, 0.4) is 0 Å². The van der Waals surface area contributed by atoms with Crippen LogP contribution in [-0.2, 0) is 20.7 Å². The molecule has 0 bridgehead atoms. The van der Waals surface area contributed by atoms with E-state index >= 15 is 0 Å². The number of nitrogens with one attached hydrogen (secondary N) is 1. The SMILES string of the molecule is CCOc1ccc(CCC(=O)NCCOCC(=O)O)cc1. The van der Waals surface area contributed by atoms with Crippen LogP contribution >= 0.6 is 0 Å². The molecule has 6 heteroatoms. The first-order chi connectivity index (χ1) is 10.1. The highest BCUT2D eigenvalue weighted by molar-refractivity contribution is 5.76. The Bertz CT molecular complexity index is 444. The number of aliphatic carboxylic acids is 1. The number of hydrogen-bond donors (Lipinski definition) is 2. The summed E-state index contributed by atoms with van der Waals surface area (Å²) in [5.74, 6) is -0.277. The highest BCUT2D eigenvalue weighted by Crippen LogP contribution is 2.13. The molecule has 1 aromatic carbocycles. The summed E-state index contributed by atoms with van der Waals surface area (Å²) in [5, 5.41) is 11.0. The molecule has 0 unspecified atom stereocenters. The minimum atomic E-state index is -1.02. The van der Waals surface area contributed by atoms with Gasteiger partial charge in [0.15, 0.2) is 0 Å². The predicted molar refractivity (Wildman–Crippen MR) is 77.4 cm³/mol. The number of ether oxygens (including phenoxy) is 2. The summed E-state index contributed by atoms with van der Waals surface area (Å²) in [5.41, 5.74) is 1.07. The molecule has 2 N–H and O–H groups in total. The van der Waals surface area contributed by atoms with E-state index in [-0.39, 0.29) is 19.1 Å². The first-order valence-electron chi connectivity index (χ1n) is 6.89. The van der Waals surface area contributed by atoms with Crippen molar-refractivity contribution in [3.63, 3.8) is 0 Å². The van der Waals surface area contributed by atoms with Crippen LogP contribution in [0.5, 0.6) is 5.75 Å². The van der Waals surface area contributed by atoms with Crippen LogP contribution in [0.15, 0.2) is 24.3 Å². The fourth-order valence-electron chi connectivity index (χ4n) is 1.69. The molecular weight excluding hydrogens is 274 g/mol. The van der Waals surface area contributed by atoms with Crippen LogP contribution in [0, 0.1) is 0 Å². The zero-order valence-electron chi connectivity index (χ0n) is 12.1. The highest BCUT2D eigenvalue weighted by atomic mass is 16.5. The van der Waals surface area contributed by atoms with Gasteiger partial charge in [0.2, 0.25) is 5.91 Å². The van der Waals surface area contributed by atoms with E-state index in [2.05, 4.69) is 5.32 Å². The Hall–Kier alpha value is -2.08. The molecule has 0 heterocycles. The van der Waals surface area contributed by atoms with Crippen molar-refractivity contribution in [2.24, 2.45) is 0 Å². The van der Waals surface area contributed by atoms with Gasteiger partial charge in [-0.1, -0.05) is 12.1 Å². The standard InChI is InChI=1S/C15H21NO5/c1-2-21-13-6-3-12(4-7-13)5-8-14(17)16-9-10-20-11-15(18)19/h3-4,6-7H,2,5,8-11H2,1H3,(H,16,17)(H,18,19). The molecule has 0 spiro atoms. The Labute approximate surface area is 124 Å². The van der Waals surface area contributed by atoms with Gasteiger partial charge in [0.25, 0.3) is 0 Å². The largest absolute Gasteiger partial charge is 0.494 e. The lowest BCUT2D eigenvalue weighted by Crippen LogP contribution is -2.28. The smallest absolute Gasteiger partial charge is 0.329 e. The molecule has 0 saturated heterocycles. The Balaban J connectivity index is 2.16. The quantitative estimate of drug-likeness (QED) is 0.634. The third-order valence-corrected chi connectivity index (χ3v) is 2.67. The fourth-order valence-corrected chi connectivity index (χ4v) is 1.69. The number of carboxylic acids is 1. The summed E-state index contributed by atoms with van der Waals surface area (Å²) >= 11 is 0. The summed E-state index contributed by atoms with van der Waals surface area (Å²) in [6, 6.07) is 7.65. The molecule has 1 amide bonds. The summed E-state index contributed by atoms with van der Waals surface area (Å²) < 4.78 is 10.2. The van der Waals surface area contributed by atoms with Gasteiger partial charge in [0.1, 0.15) is 12.4 Å². The predicted octanol–water partition coefficient (Wildman–Crippen LogP) is 1.24. The van der Waals surface area contributed by atoms with Gasteiger partial charge < -0.3 is 19.9 Å². The van der Waals surface area contributed by atoms with E-state index in [4.69, 9.17) is 14.6 Å². The van der Waals surface area contributed by atoms with Crippen LogP contribution < -0.4 is 10.1 Å². The van der Waals surface area contributed by atoms with E-state index in [9.17, 15) is 9.59 Å². The number of amides is 1. The molecule has 116 valence electrons. The van der Waals surface area contributed by atoms with Crippen LogP contribution in [0.4, 0.5) is 0 Å². The molecule has 6 nitrogen and oxygen atoms in total. The highest BCUT2D eigenvalue weighted by Gasteiger charge is 2.03. The average Bonchev–Trinajstić information content (AvgIpc) is 2.46. The van der Waals surface area contributed by atoms with E-state index < -0.39 is 5.97 Å². The molecule has 0 atom stereocenters. The van der Waals surface area contributed by atoms with Gasteiger partial charge in [-0.25, -0.2) is 4.79 Å². The molecule has 0 aromatic heterocycles. The van der Waals surface area contributed by atoms with Crippen molar-refractivity contribution in [1.29, 1.82) is 0 Å². The van der Waals surface area contributed by atoms with E-state index in [0.717, 1.165) is 11.3 Å². The van der Waals surface area contributed by atoms with Crippen molar-refractivity contribution in [1.82, 2.24) is 5.32 Å². The molecule has 21 heavy (non-hydrogen) atoms. The van der Waals surface area contributed by atoms with Gasteiger partial charge in [0.05, 0.1) is 13.2 Å². The van der Waals surface area contributed by atoms with E-state index in [1.807, 2.05) is 31.2 Å². The lowest BCUT2D eigenvalue weighted by Gasteiger charge is -2.06. The van der Waals surface area contributed by atoms with Crippen molar-refractivity contribution in [3.05, 3.63) is 29.8 Å². The Kier molecular flexibility index (Phi) is 7.89. The monoisotopic (exact) mass is 295 g/mol. The normalized spacial score (nSPS) is 10.1. The van der Waals surface area contributed by atoms with Crippen LogP contribution in [-0.4, -0.2) is 43.3 Å². The van der Waals surface area contributed by atoms with Gasteiger partial charge in [-0.15, -0.1) is 0 Å². The first-order valence-corrected chi connectivity index (χ1v) is 6.89. The number of aryl methyl sites for hydroxylation is 1. The molecule has 0 aliphatic rings. The molecule has 0 radical (unpaired) electrons. The van der Waals surface area contributed by atoms with Crippen molar-refractivity contribution in [3.8, 4) is 5.75 Å². The lowest BCUT2D eigenvalue weighted by atomic mass is 10.1. The van der Waals surface area contributed by atoms with E-state index in [0.29, 0.717) is 26.0 Å². The Morgan fingerprint density at radius 2 is 1.95 bits per heavy atom. The van der Waals surface area contributed by atoms with Crippen molar-refractivity contribution < 1.29 is 24.2 Å². The molecule has 0 aliphatic carbocycles. The molecule has 1 aromatic rings. The minimum Gasteiger partial charge on any atom is -0.494 e. The summed E-state index contributed by atoms with van der Waals surface area (Å²) in [6.07, 6.45) is 1.03. The maximum Gasteiger partial charge on any atom is 0.329 e. The number of rotatable bonds is 10. The molecular formula is C15H21NO5. The van der Waals surface area contributed by atoms with Crippen LogP contribution in [0.25, 0.3) is 0 Å². The number of carbonyl (C=O) groups is 2. The number of benzene rings is 1. The van der Waals surface area contributed by atoms with Crippen LogP contribution in [0.1, 0.15) is 18.9 Å². The van der Waals surface area contributed by atoms with Crippen molar-refractivity contribution in [2.75, 3.05) is 26.4 Å². The fraction of sp³-hybridized carbons (Fsp3) is 0.467. The third-order valence-electron chi connectivity index (χ3n) is 2.67. The maximum absolute atomic E-state index is 11.6. The second kappa shape index (κ2) is 9.77. The average molecular weight is 295 g/mol. The topological polar surface area (TPSA) is 84.9 Å². The molecule has 0 fully saturated rings. The summed E-state index contributed by atoms with van der Waals surface area (Å²) in [6.45, 7) is 2.72. The van der Waals surface area contributed by atoms with Crippen molar-refractivity contribution in [2.45, 2.75) is 19.8 Å². The second-order valence-corrected chi connectivity index (χ2v) is 4.37. The van der Waals surface area contributed by atoms with Gasteiger partial charge in [-0.05, 0) is 31.0 Å². The first kappa shape index (κ1) is 17.0. The van der Waals surface area contributed by atoms with E-state index in [1.54, 1.807) is 0 Å². The number of carboxylic acid groups (broad SMARTS) is 1. The Morgan fingerprint density at radius 3 is 2.57 bits per heavy atom. The zero-order chi connectivity index (χ0) is 15.5. The molecule has 0 saturated carbocycles. The van der Waals surface area contributed by atoms with Gasteiger partial charge in [-0.2, -0.15) is 0 Å². The third kappa shape index (κ3) is 7.94. The lowest BCUT2D eigenvalue weighted by molar-refractivity contribution is -0.142. The Morgan fingerprint density at radius 1 is 1.24 bits per heavy atom. The van der Waals surface area contributed by atoms with Gasteiger partial charge in [0, 0.05) is 13.0 Å². The number of carbonyl (C=O) groups excluding carboxylic acids is 1. The number of hydrogen-bond acceptors (Lipinski definition) is 4.